The van der Waals surface area contributed by atoms with Gasteiger partial charge in [0.2, 0.25) is 0 Å². The fraction of sp³-hybridized carbons (Fsp3) is 0.600. The summed E-state index contributed by atoms with van der Waals surface area (Å²) in [5.41, 5.74) is 7.84. The Morgan fingerprint density at radius 2 is 1.84 bits per heavy atom. The van der Waals surface area contributed by atoms with Gasteiger partial charge in [0.05, 0.1) is 13.2 Å². The molecule has 1 aliphatic rings. The maximum absolute atomic E-state index is 5.66. The first-order chi connectivity index (χ1) is 9.34. The maximum atomic E-state index is 5.66. The molecule has 1 aromatic carbocycles. The molecule has 2 rings (SSSR count). The summed E-state index contributed by atoms with van der Waals surface area (Å²) in [5.74, 6) is 0. The predicted octanol–water partition coefficient (Wildman–Crippen LogP) is 1.12. The number of anilines is 1. The van der Waals surface area contributed by atoms with E-state index in [0.717, 1.165) is 51.5 Å². The van der Waals surface area contributed by atoms with Crippen LogP contribution < -0.4 is 11.1 Å². The van der Waals surface area contributed by atoms with Gasteiger partial charge in [0.1, 0.15) is 0 Å². The Morgan fingerprint density at radius 3 is 2.58 bits per heavy atom. The molecule has 1 saturated heterocycles. The summed E-state index contributed by atoms with van der Waals surface area (Å²) in [6.45, 7) is 7.27. The standard InChI is InChI=1S/C15H25N3O/c16-15-4-2-14(3-5-15)6-8-17-7-1-9-18-10-12-19-13-11-18/h2-5,17H,1,6-13,16H2. The molecule has 0 aromatic heterocycles. The molecule has 0 bridgehead atoms. The molecular weight excluding hydrogens is 238 g/mol. The van der Waals surface area contributed by atoms with E-state index >= 15 is 0 Å². The summed E-state index contributed by atoms with van der Waals surface area (Å²) in [6, 6.07) is 8.14. The molecule has 4 nitrogen and oxygen atoms in total. The van der Waals surface area contributed by atoms with Crippen molar-refractivity contribution < 1.29 is 4.74 Å². The molecule has 0 radical (unpaired) electrons. The highest BCUT2D eigenvalue weighted by Crippen LogP contribution is 2.05. The van der Waals surface area contributed by atoms with Crippen LogP contribution in [0.25, 0.3) is 0 Å². The molecule has 1 aromatic rings. The summed E-state index contributed by atoms with van der Waals surface area (Å²) in [5, 5.41) is 3.50. The monoisotopic (exact) mass is 263 g/mol. The Morgan fingerprint density at radius 1 is 1.11 bits per heavy atom. The van der Waals surface area contributed by atoms with Crippen molar-refractivity contribution in [3.63, 3.8) is 0 Å². The van der Waals surface area contributed by atoms with E-state index < -0.39 is 0 Å². The lowest BCUT2D eigenvalue weighted by atomic mass is 10.1. The Labute approximate surface area is 115 Å². The van der Waals surface area contributed by atoms with Crippen LogP contribution in [0.5, 0.6) is 0 Å². The van der Waals surface area contributed by atoms with E-state index in [2.05, 4.69) is 22.3 Å². The summed E-state index contributed by atoms with van der Waals surface area (Å²) >= 11 is 0. The minimum Gasteiger partial charge on any atom is -0.399 e. The average molecular weight is 263 g/mol. The summed E-state index contributed by atoms with van der Waals surface area (Å²) in [6.07, 6.45) is 2.28. The van der Waals surface area contributed by atoms with Gasteiger partial charge >= 0.3 is 0 Å². The van der Waals surface area contributed by atoms with Gasteiger partial charge < -0.3 is 15.8 Å². The third-order valence-electron chi connectivity index (χ3n) is 3.50. The number of nitrogens with one attached hydrogen (secondary N) is 1. The van der Waals surface area contributed by atoms with Crippen LogP contribution in [-0.2, 0) is 11.2 Å². The van der Waals surface area contributed by atoms with Crippen LogP contribution in [0.15, 0.2) is 24.3 Å². The summed E-state index contributed by atoms with van der Waals surface area (Å²) in [7, 11) is 0. The van der Waals surface area contributed by atoms with Gasteiger partial charge in [0.25, 0.3) is 0 Å². The average Bonchev–Trinajstić information content (AvgIpc) is 2.46. The molecule has 4 heteroatoms. The lowest BCUT2D eigenvalue weighted by Crippen LogP contribution is -2.37. The molecule has 1 aliphatic heterocycles. The fourth-order valence-electron chi connectivity index (χ4n) is 2.29. The van der Waals surface area contributed by atoms with E-state index in [4.69, 9.17) is 10.5 Å². The molecule has 0 atom stereocenters. The molecule has 0 aliphatic carbocycles. The highest BCUT2D eigenvalue weighted by Gasteiger charge is 2.08. The second kappa shape index (κ2) is 8.15. The highest BCUT2D eigenvalue weighted by atomic mass is 16.5. The zero-order chi connectivity index (χ0) is 13.3. The number of hydrogen-bond acceptors (Lipinski definition) is 4. The Hall–Kier alpha value is -1.10. The summed E-state index contributed by atoms with van der Waals surface area (Å²) in [4.78, 5) is 2.48. The first-order valence-corrected chi connectivity index (χ1v) is 7.20. The molecule has 0 amide bonds. The van der Waals surface area contributed by atoms with E-state index in [1.165, 1.54) is 18.5 Å². The van der Waals surface area contributed by atoms with Crippen LogP contribution in [0.1, 0.15) is 12.0 Å². The van der Waals surface area contributed by atoms with Crippen LogP contribution in [0, 0.1) is 0 Å². The van der Waals surface area contributed by atoms with Crippen LogP contribution >= 0.6 is 0 Å². The number of rotatable bonds is 7. The number of nitrogens with two attached hydrogens (primary N) is 1. The predicted molar refractivity (Wildman–Crippen MR) is 79.3 cm³/mol. The second-order valence-corrected chi connectivity index (χ2v) is 5.05. The van der Waals surface area contributed by atoms with Gasteiger partial charge in [-0.25, -0.2) is 0 Å². The largest absolute Gasteiger partial charge is 0.399 e. The van der Waals surface area contributed by atoms with E-state index in [1.54, 1.807) is 0 Å². The number of morpholine rings is 1. The first-order valence-electron chi connectivity index (χ1n) is 7.20. The number of ether oxygens (including phenoxy) is 1. The van der Waals surface area contributed by atoms with E-state index in [-0.39, 0.29) is 0 Å². The van der Waals surface area contributed by atoms with Crippen molar-refractivity contribution in [2.24, 2.45) is 0 Å². The van der Waals surface area contributed by atoms with E-state index in [1.807, 2.05) is 12.1 Å². The molecular formula is C15H25N3O. The lowest BCUT2D eigenvalue weighted by Gasteiger charge is -2.26. The van der Waals surface area contributed by atoms with Crippen LogP contribution in [0.4, 0.5) is 5.69 Å². The molecule has 0 spiro atoms. The SMILES string of the molecule is Nc1ccc(CCNCCCN2CCOCC2)cc1. The van der Waals surface area contributed by atoms with Gasteiger partial charge in [-0.05, 0) is 50.2 Å². The Kier molecular flexibility index (Phi) is 6.14. The van der Waals surface area contributed by atoms with Gasteiger partial charge in [0.15, 0.2) is 0 Å². The van der Waals surface area contributed by atoms with E-state index in [9.17, 15) is 0 Å². The molecule has 1 heterocycles. The summed E-state index contributed by atoms with van der Waals surface area (Å²) < 4.78 is 5.34. The molecule has 19 heavy (non-hydrogen) atoms. The Balaban J connectivity index is 1.49. The van der Waals surface area contributed by atoms with E-state index in [0.29, 0.717) is 0 Å². The van der Waals surface area contributed by atoms with Crippen LogP contribution in [0.2, 0.25) is 0 Å². The van der Waals surface area contributed by atoms with Crippen LogP contribution in [-0.4, -0.2) is 50.8 Å². The van der Waals surface area contributed by atoms with Crippen LogP contribution in [0.3, 0.4) is 0 Å². The fourth-order valence-corrected chi connectivity index (χ4v) is 2.29. The smallest absolute Gasteiger partial charge is 0.0594 e. The number of nitrogens with zero attached hydrogens (tertiary/aromatic N) is 1. The molecule has 3 N–H and O–H groups in total. The zero-order valence-corrected chi connectivity index (χ0v) is 11.6. The maximum Gasteiger partial charge on any atom is 0.0594 e. The van der Waals surface area contributed by atoms with Crippen molar-refractivity contribution in [1.29, 1.82) is 0 Å². The van der Waals surface area contributed by atoms with Gasteiger partial charge in [-0.1, -0.05) is 12.1 Å². The number of benzene rings is 1. The third kappa shape index (κ3) is 5.59. The molecule has 1 fully saturated rings. The van der Waals surface area contributed by atoms with Gasteiger partial charge in [-0.2, -0.15) is 0 Å². The Bertz CT molecular complexity index is 347. The molecule has 0 saturated carbocycles. The molecule has 0 unspecified atom stereocenters. The van der Waals surface area contributed by atoms with Crippen molar-refractivity contribution in [3.8, 4) is 0 Å². The lowest BCUT2D eigenvalue weighted by molar-refractivity contribution is 0.0375. The van der Waals surface area contributed by atoms with Crippen molar-refractivity contribution in [2.75, 3.05) is 51.7 Å². The van der Waals surface area contributed by atoms with Gasteiger partial charge in [0, 0.05) is 18.8 Å². The first kappa shape index (κ1) is 14.3. The van der Waals surface area contributed by atoms with Crippen molar-refractivity contribution in [3.05, 3.63) is 29.8 Å². The van der Waals surface area contributed by atoms with Crippen molar-refractivity contribution in [1.82, 2.24) is 10.2 Å². The molecule has 106 valence electrons. The normalized spacial score (nSPS) is 16.6. The highest BCUT2D eigenvalue weighted by molar-refractivity contribution is 5.39. The third-order valence-corrected chi connectivity index (χ3v) is 3.50. The quantitative estimate of drug-likeness (QED) is 0.572. The number of hydrogen-bond donors (Lipinski definition) is 2. The minimum atomic E-state index is 0.835. The van der Waals surface area contributed by atoms with Gasteiger partial charge in [-0.15, -0.1) is 0 Å². The van der Waals surface area contributed by atoms with Crippen molar-refractivity contribution >= 4 is 5.69 Å². The van der Waals surface area contributed by atoms with Gasteiger partial charge in [-0.3, -0.25) is 4.90 Å². The number of nitrogen functional groups attached to an aromatic ring is 1. The zero-order valence-electron chi connectivity index (χ0n) is 11.6. The topological polar surface area (TPSA) is 50.5 Å². The minimum absolute atomic E-state index is 0.835. The van der Waals surface area contributed by atoms with Crippen molar-refractivity contribution in [2.45, 2.75) is 12.8 Å². The second-order valence-electron chi connectivity index (χ2n) is 5.05.